The van der Waals surface area contributed by atoms with E-state index in [0.29, 0.717) is 17.3 Å². The van der Waals surface area contributed by atoms with Gasteiger partial charge < -0.3 is 14.4 Å². The van der Waals surface area contributed by atoms with Gasteiger partial charge in [-0.1, -0.05) is 0 Å². The Kier molecular flexibility index (Phi) is 3.35. The molecule has 1 amide bonds. The van der Waals surface area contributed by atoms with Gasteiger partial charge in [-0.3, -0.25) is 4.79 Å². The molecule has 19 heavy (non-hydrogen) atoms. The molecule has 0 radical (unpaired) electrons. The van der Waals surface area contributed by atoms with Crippen LogP contribution in [0.5, 0.6) is 0 Å². The van der Waals surface area contributed by atoms with Gasteiger partial charge in [-0.15, -0.1) is 11.3 Å². The van der Waals surface area contributed by atoms with Crippen LogP contribution in [0, 0.1) is 0 Å². The lowest BCUT2D eigenvalue weighted by Crippen LogP contribution is -2.39. The van der Waals surface area contributed by atoms with Crippen molar-refractivity contribution in [2.75, 3.05) is 6.54 Å². The normalized spacial score (nSPS) is 20.7. The summed E-state index contributed by atoms with van der Waals surface area (Å²) < 4.78 is 5.14. The topological polar surface area (TPSA) is 66.6 Å². The fourth-order valence-electron chi connectivity index (χ4n) is 2.46. The van der Waals surface area contributed by atoms with Crippen LogP contribution in [0.3, 0.4) is 0 Å². The van der Waals surface area contributed by atoms with E-state index in [1.807, 2.05) is 5.38 Å². The Morgan fingerprint density at radius 1 is 1.63 bits per heavy atom. The third-order valence-corrected chi connectivity index (χ3v) is 4.21. The van der Waals surface area contributed by atoms with E-state index in [2.05, 4.69) is 4.98 Å². The highest BCUT2D eigenvalue weighted by Crippen LogP contribution is 2.31. The molecule has 1 saturated heterocycles. The molecule has 2 aromatic rings. The maximum atomic E-state index is 12.3. The first kappa shape index (κ1) is 12.4. The molecule has 6 heteroatoms. The summed E-state index contributed by atoms with van der Waals surface area (Å²) in [6, 6.07) is 3.12. The second-order valence-corrected chi connectivity index (χ2v) is 5.43. The smallest absolute Gasteiger partial charge is 0.289 e. The maximum Gasteiger partial charge on any atom is 0.289 e. The fourth-order valence-corrected chi connectivity index (χ4v) is 3.14. The van der Waals surface area contributed by atoms with E-state index >= 15 is 0 Å². The van der Waals surface area contributed by atoms with Gasteiger partial charge in [0.15, 0.2) is 5.76 Å². The molecular weight excluding hydrogens is 264 g/mol. The third kappa shape index (κ3) is 2.29. The molecule has 5 nitrogen and oxygen atoms in total. The minimum absolute atomic E-state index is 0.164. The molecule has 1 aliphatic rings. The molecule has 0 aromatic carbocycles. The second kappa shape index (κ2) is 5.14. The second-order valence-electron chi connectivity index (χ2n) is 4.50. The number of thiazole rings is 1. The van der Waals surface area contributed by atoms with Crippen LogP contribution in [0.25, 0.3) is 0 Å². The molecule has 0 unspecified atom stereocenters. The van der Waals surface area contributed by atoms with Gasteiger partial charge >= 0.3 is 0 Å². The molecule has 0 spiro atoms. The zero-order valence-electron chi connectivity index (χ0n) is 10.2. The number of aliphatic hydroxyl groups excluding tert-OH is 1. The highest BCUT2D eigenvalue weighted by Gasteiger charge is 2.36. The van der Waals surface area contributed by atoms with Gasteiger partial charge in [0.1, 0.15) is 11.1 Å². The number of aromatic nitrogens is 1. The predicted octanol–water partition coefficient (Wildman–Crippen LogP) is 2.07. The molecule has 2 atom stereocenters. The van der Waals surface area contributed by atoms with Crippen LogP contribution < -0.4 is 0 Å². The van der Waals surface area contributed by atoms with Gasteiger partial charge in [0.25, 0.3) is 5.91 Å². The molecular formula is C13H14N2O3S. The number of amides is 1. The SMILES string of the molecule is O=C(c1ccco1)N1CCC[C@H]1[C@H](O)c1nccs1. The van der Waals surface area contributed by atoms with E-state index in [1.165, 1.54) is 17.6 Å². The van der Waals surface area contributed by atoms with Crippen LogP contribution in [0.1, 0.15) is 34.5 Å². The van der Waals surface area contributed by atoms with Crippen molar-refractivity contribution in [3.05, 3.63) is 40.7 Å². The molecule has 0 saturated carbocycles. The van der Waals surface area contributed by atoms with E-state index in [1.54, 1.807) is 23.2 Å². The summed E-state index contributed by atoms with van der Waals surface area (Å²) in [5.41, 5.74) is 0. The van der Waals surface area contributed by atoms with Crippen LogP contribution in [0.4, 0.5) is 0 Å². The molecule has 3 heterocycles. The molecule has 0 bridgehead atoms. The number of hydrogen-bond donors (Lipinski definition) is 1. The van der Waals surface area contributed by atoms with Crippen LogP contribution in [0.15, 0.2) is 34.4 Å². The van der Waals surface area contributed by atoms with Crippen LogP contribution in [0.2, 0.25) is 0 Å². The number of nitrogens with zero attached hydrogens (tertiary/aromatic N) is 2. The highest BCUT2D eigenvalue weighted by atomic mass is 32.1. The Hall–Kier alpha value is -1.66. The van der Waals surface area contributed by atoms with Crippen molar-refractivity contribution in [3.63, 3.8) is 0 Å². The van der Waals surface area contributed by atoms with Gasteiger partial charge in [0.2, 0.25) is 0 Å². The Morgan fingerprint density at radius 3 is 3.21 bits per heavy atom. The zero-order chi connectivity index (χ0) is 13.2. The van der Waals surface area contributed by atoms with Crippen molar-refractivity contribution >= 4 is 17.2 Å². The molecule has 3 rings (SSSR count). The first-order valence-electron chi connectivity index (χ1n) is 6.19. The van der Waals surface area contributed by atoms with Crippen LogP contribution in [-0.4, -0.2) is 33.5 Å². The van der Waals surface area contributed by atoms with Crippen LogP contribution in [-0.2, 0) is 0 Å². The van der Waals surface area contributed by atoms with Gasteiger partial charge in [-0.2, -0.15) is 0 Å². The largest absolute Gasteiger partial charge is 0.459 e. The molecule has 1 aliphatic heterocycles. The van der Waals surface area contributed by atoms with E-state index < -0.39 is 6.10 Å². The first-order valence-corrected chi connectivity index (χ1v) is 7.07. The minimum atomic E-state index is -0.721. The Labute approximate surface area is 114 Å². The van der Waals surface area contributed by atoms with Gasteiger partial charge in [-0.25, -0.2) is 4.98 Å². The molecule has 2 aromatic heterocycles. The quantitative estimate of drug-likeness (QED) is 0.933. The average molecular weight is 278 g/mol. The number of hydrogen-bond acceptors (Lipinski definition) is 5. The van der Waals surface area contributed by atoms with Crippen molar-refractivity contribution in [1.29, 1.82) is 0 Å². The number of likely N-dealkylation sites (tertiary alicyclic amines) is 1. The first-order chi connectivity index (χ1) is 9.27. The van der Waals surface area contributed by atoms with E-state index in [9.17, 15) is 9.90 Å². The Bertz CT molecular complexity index is 538. The Morgan fingerprint density at radius 2 is 2.53 bits per heavy atom. The number of carbonyl (C=O) groups is 1. The lowest BCUT2D eigenvalue weighted by atomic mass is 10.1. The summed E-state index contributed by atoms with van der Waals surface area (Å²) in [7, 11) is 0. The number of aliphatic hydroxyl groups is 1. The monoisotopic (exact) mass is 278 g/mol. The van der Waals surface area contributed by atoms with Crippen LogP contribution >= 0.6 is 11.3 Å². The lowest BCUT2D eigenvalue weighted by Gasteiger charge is -2.26. The van der Waals surface area contributed by atoms with E-state index in [0.717, 1.165) is 12.8 Å². The fraction of sp³-hybridized carbons (Fsp3) is 0.385. The summed E-state index contributed by atoms with van der Waals surface area (Å²) in [6.07, 6.45) is 4.10. The van der Waals surface area contributed by atoms with Crippen molar-refractivity contribution in [1.82, 2.24) is 9.88 Å². The number of carbonyl (C=O) groups excluding carboxylic acids is 1. The zero-order valence-corrected chi connectivity index (χ0v) is 11.0. The minimum Gasteiger partial charge on any atom is -0.459 e. The third-order valence-electron chi connectivity index (χ3n) is 3.36. The van der Waals surface area contributed by atoms with E-state index in [-0.39, 0.29) is 11.9 Å². The summed E-state index contributed by atoms with van der Waals surface area (Å²) in [4.78, 5) is 18.1. The number of furan rings is 1. The molecule has 1 fully saturated rings. The summed E-state index contributed by atoms with van der Waals surface area (Å²) in [6.45, 7) is 0.645. The van der Waals surface area contributed by atoms with Gasteiger partial charge in [-0.05, 0) is 25.0 Å². The van der Waals surface area contributed by atoms with Crippen molar-refractivity contribution in [2.45, 2.75) is 25.0 Å². The standard InChI is InChI=1S/C13H14N2O3S/c16-11(12-14-5-8-19-12)9-3-1-6-15(9)13(17)10-4-2-7-18-10/h2,4-5,7-9,11,16H,1,3,6H2/t9-,11-/m0/s1. The average Bonchev–Trinajstić information content (AvgIpc) is 3.16. The van der Waals surface area contributed by atoms with Gasteiger partial charge in [0, 0.05) is 18.1 Å². The van der Waals surface area contributed by atoms with Crippen molar-refractivity contribution in [3.8, 4) is 0 Å². The lowest BCUT2D eigenvalue weighted by molar-refractivity contribution is 0.0460. The number of rotatable bonds is 3. The summed E-state index contributed by atoms with van der Waals surface area (Å²) in [5.74, 6) is 0.154. The highest BCUT2D eigenvalue weighted by molar-refractivity contribution is 7.09. The summed E-state index contributed by atoms with van der Waals surface area (Å²) in [5, 5.41) is 12.8. The van der Waals surface area contributed by atoms with Gasteiger partial charge in [0.05, 0.1) is 12.3 Å². The van der Waals surface area contributed by atoms with Crippen molar-refractivity contribution in [2.24, 2.45) is 0 Å². The molecule has 1 N–H and O–H groups in total. The predicted molar refractivity (Wildman–Crippen MR) is 69.8 cm³/mol. The van der Waals surface area contributed by atoms with Crippen molar-refractivity contribution < 1.29 is 14.3 Å². The maximum absolute atomic E-state index is 12.3. The molecule has 100 valence electrons. The van der Waals surface area contributed by atoms with E-state index in [4.69, 9.17) is 4.42 Å². The Balaban J connectivity index is 1.80. The summed E-state index contributed by atoms with van der Waals surface area (Å²) >= 11 is 1.41. The molecule has 0 aliphatic carbocycles.